The number of hydrogen-bond acceptors (Lipinski definition) is 7. The highest BCUT2D eigenvalue weighted by Crippen LogP contribution is 2.17. The first-order valence-corrected chi connectivity index (χ1v) is 10.2. The number of aliphatic imine (C=N–C) groups is 1. The zero-order valence-electron chi connectivity index (χ0n) is 16.6. The Bertz CT molecular complexity index is 711. The van der Waals surface area contributed by atoms with Gasteiger partial charge in [0.1, 0.15) is 0 Å². The number of carbonyl (C=O) groups is 2. The van der Waals surface area contributed by atoms with Gasteiger partial charge in [0.2, 0.25) is 5.91 Å². The summed E-state index contributed by atoms with van der Waals surface area (Å²) in [5.74, 6) is -1.06. The van der Waals surface area contributed by atoms with Crippen LogP contribution in [0.4, 0.5) is 11.6 Å². The summed E-state index contributed by atoms with van der Waals surface area (Å²) >= 11 is 5.75. The van der Waals surface area contributed by atoms with Crippen molar-refractivity contribution in [3.8, 4) is 0 Å². The zero-order valence-corrected chi connectivity index (χ0v) is 17.4. The lowest BCUT2D eigenvalue weighted by Crippen LogP contribution is -2.38. The Balaban J connectivity index is 2.13. The topological polar surface area (TPSA) is 188 Å². The molecule has 9 N–H and O–H groups in total. The second-order valence-electron chi connectivity index (χ2n) is 6.75. The van der Waals surface area contributed by atoms with Gasteiger partial charge in [0.25, 0.3) is 5.91 Å². The number of nitrogens with zero attached hydrogens (tertiary/aromatic N) is 3. The van der Waals surface area contributed by atoms with Gasteiger partial charge in [0, 0.05) is 13.0 Å². The van der Waals surface area contributed by atoms with Gasteiger partial charge in [-0.05, 0) is 12.8 Å². The third-order valence-electron chi connectivity index (χ3n) is 4.22. The summed E-state index contributed by atoms with van der Waals surface area (Å²) in [7, 11) is 0. The van der Waals surface area contributed by atoms with Gasteiger partial charge in [-0.1, -0.05) is 56.5 Å². The second kappa shape index (κ2) is 13.5. The lowest BCUT2D eigenvalue weighted by molar-refractivity contribution is -0.118. The summed E-state index contributed by atoms with van der Waals surface area (Å²) in [6.45, 7) is 0.517. The molecular formula is C18H31ClN8O2. The van der Waals surface area contributed by atoms with E-state index in [1.54, 1.807) is 0 Å². The third-order valence-corrected chi connectivity index (χ3v) is 4.50. The molecule has 2 amide bonds. The van der Waals surface area contributed by atoms with Crippen LogP contribution in [0.25, 0.3) is 0 Å². The summed E-state index contributed by atoms with van der Waals surface area (Å²) in [6, 6.07) is 0. The van der Waals surface area contributed by atoms with Crippen molar-refractivity contribution in [1.82, 2.24) is 15.3 Å². The number of nitrogen functional groups attached to an aromatic ring is 2. The predicted octanol–water partition coefficient (Wildman–Crippen LogP) is 1.73. The molecule has 0 unspecified atom stereocenters. The van der Waals surface area contributed by atoms with Gasteiger partial charge in [-0.2, -0.15) is 0 Å². The number of aromatic nitrogens is 2. The van der Waals surface area contributed by atoms with Crippen LogP contribution in [0.3, 0.4) is 0 Å². The molecule has 1 heterocycles. The van der Waals surface area contributed by atoms with E-state index in [0.29, 0.717) is 13.0 Å². The number of unbranched alkanes of at least 4 members (excludes halogenated alkanes) is 8. The van der Waals surface area contributed by atoms with E-state index in [-0.39, 0.29) is 34.3 Å². The van der Waals surface area contributed by atoms with Crippen molar-refractivity contribution in [2.45, 2.75) is 64.2 Å². The molecule has 29 heavy (non-hydrogen) atoms. The first-order chi connectivity index (χ1) is 13.8. The van der Waals surface area contributed by atoms with Gasteiger partial charge >= 0.3 is 0 Å². The van der Waals surface area contributed by atoms with Crippen molar-refractivity contribution in [1.29, 1.82) is 0 Å². The van der Waals surface area contributed by atoms with Gasteiger partial charge in [0.05, 0.1) is 0 Å². The van der Waals surface area contributed by atoms with Crippen LogP contribution >= 0.6 is 11.6 Å². The van der Waals surface area contributed by atoms with E-state index >= 15 is 0 Å². The van der Waals surface area contributed by atoms with Gasteiger partial charge in [-0.15, -0.1) is 0 Å². The van der Waals surface area contributed by atoms with Crippen LogP contribution in [0.2, 0.25) is 5.15 Å². The average molecular weight is 427 g/mol. The molecule has 1 rings (SSSR count). The molecule has 10 nitrogen and oxygen atoms in total. The van der Waals surface area contributed by atoms with Crippen LogP contribution < -0.4 is 28.3 Å². The van der Waals surface area contributed by atoms with Gasteiger partial charge in [0.15, 0.2) is 28.4 Å². The Morgan fingerprint density at radius 3 is 2.00 bits per heavy atom. The highest BCUT2D eigenvalue weighted by molar-refractivity contribution is 6.31. The molecule has 0 saturated carbocycles. The highest BCUT2D eigenvalue weighted by atomic mass is 35.5. The van der Waals surface area contributed by atoms with E-state index in [1.807, 2.05) is 0 Å². The smallest absolute Gasteiger partial charge is 0.280 e. The Labute approximate surface area is 175 Å². The molecular weight excluding hydrogens is 396 g/mol. The Morgan fingerprint density at radius 1 is 0.862 bits per heavy atom. The molecule has 0 aliphatic rings. The average Bonchev–Trinajstić information content (AvgIpc) is 2.65. The fourth-order valence-corrected chi connectivity index (χ4v) is 2.80. The number of nitrogens with one attached hydrogen (secondary N) is 1. The molecule has 11 heteroatoms. The summed E-state index contributed by atoms with van der Waals surface area (Å²) in [4.78, 5) is 34.4. The Hall–Kier alpha value is -2.62. The number of nitrogens with two attached hydrogens (primary N) is 4. The molecule has 0 saturated heterocycles. The molecule has 0 aromatic carbocycles. The normalized spacial score (nSPS) is 11.4. The lowest BCUT2D eigenvalue weighted by atomic mass is 10.1. The molecule has 162 valence electrons. The van der Waals surface area contributed by atoms with Gasteiger partial charge < -0.3 is 22.9 Å². The second-order valence-corrected chi connectivity index (χ2v) is 7.11. The molecule has 0 bridgehead atoms. The Kier molecular flexibility index (Phi) is 11.4. The van der Waals surface area contributed by atoms with Crippen LogP contribution in [0.1, 0.15) is 74.7 Å². The van der Waals surface area contributed by atoms with Gasteiger partial charge in [-0.3, -0.25) is 19.9 Å². The monoisotopic (exact) mass is 426 g/mol. The molecule has 0 atom stereocenters. The van der Waals surface area contributed by atoms with Crippen LogP contribution in [-0.2, 0) is 4.79 Å². The Morgan fingerprint density at radius 2 is 1.41 bits per heavy atom. The number of amides is 2. The third kappa shape index (κ3) is 10.5. The fraction of sp³-hybridized carbons (Fsp3) is 0.611. The number of carbonyl (C=O) groups excluding carboxylic acids is 2. The highest BCUT2D eigenvalue weighted by Gasteiger charge is 2.16. The maximum Gasteiger partial charge on any atom is 0.280 e. The number of anilines is 2. The molecule has 0 radical (unpaired) electrons. The number of guanidine groups is 1. The number of halogens is 1. The minimum atomic E-state index is -0.644. The minimum Gasteiger partial charge on any atom is -0.382 e. The first-order valence-electron chi connectivity index (χ1n) is 9.79. The number of hydrogen-bond donors (Lipinski definition) is 5. The molecule has 1 aromatic heterocycles. The minimum absolute atomic E-state index is 0.0138. The standard InChI is InChI=1S/C18H31ClN8O2/c19-14-16(22)26-15(21)13(25-14)17(29)27-18(23)24-11-9-7-5-3-1-2-4-6-8-10-12(20)28/h1-11H2,(H2,20,28)(H4,21,22,26)(H3,23,24,27,29). The summed E-state index contributed by atoms with van der Waals surface area (Å²) < 4.78 is 0. The predicted molar refractivity (Wildman–Crippen MR) is 115 cm³/mol. The summed E-state index contributed by atoms with van der Waals surface area (Å²) in [5, 5.41) is 2.30. The lowest BCUT2D eigenvalue weighted by Gasteiger charge is -2.07. The largest absolute Gasteiger partial charge is 0.382 e. The van der Waals surface area contributed by atoms with Crippen molar-refractivity contribution in [3.05, 3.63) is 10.8 Å². The molecule has 0 fully saturated rings. The SMILES string of the molecule is NC(=O)CCCCCCCCCCCN=C(N)NC(=O)c1nc(Cl)c(N)nc1N. The number of rotatable bonds is 13. The van der Waals surface area contributed by atoms with Crippen molar-refractivity contribution in [3.63, 3.8) is 0 Å². The van der Waals surface area contributed by atoms with Crippen molar-refractivity contribution >= 4 is 41.0 Å². The van der Waals surface area contributed by atoms with Crippen LogP contribution in [-0.4, -0.2) is 34.3 Å². The number of primary amides is 1. The van der Waals surface area contributed by atoms with Crippen molar-refractivity contribution in [2.24, 2.45) is 16.5 Å². The van der Waals surface area contributed by atoms with Crippen LogP contribution in [0, 0.1) is 0 Å². The van der Waals surface area contributed by atoms with E-state index in [1.165, 1.54) is 19.3 Å². The van der Waals surface area contributed by atoms with Crippen LogP contribution in [0.5, 0.6) is 0 Å². The fourth-order valence-electron chi connectivity index (χ4n) is 2.67. The molecule has 0 spiro atoms. The van der Waals surface area contributed by atoms with Crippen LogP contribution in [0.15, 0.2) is 4.99 Å². The zero-order chi connectivity index (χ0) is 21.6. The van der Waals surface area contributed by atoms with Crippen molar-refractivity contribution in [2.75, 3.05) is 18.0 Å². The first kappa shape index (κ1) is 24.4. The molecule has 0 aliphatic heterocycles. The van der Waals surface area contributed by atoms with E-state index in [2.05, 4.69) is 20.3 Å². The maximum absolute atomic E-state index is 12.1. The van der Waals surface area contributed by atoms with E-state index < -0.39 is 5.91 Å². The maximum atomic E-state index is 12.1. The molecule has 0 aliphatic carbocycles. The van der Waals surface area contributed by atoms with Gasteiger partial charge in [-0.25, -0.2) is 9.97 Å². The summed E-state index contributed by atoms with van der Waals surface area (Å²) in [6.07, 6.45) is 10.1. The summed E-state index contributed by atoms with van der Waals surface area (Å²) in [5.41, 5.74) is 21.7. The molecule has 1 aromatic rings. The van der Waals surface area contributed by atoms with E-state index in [4.69, 9.17) is 34.5 Å². The van der Waals surface area contributed by atoms with Crippen molar-refractivity contribution < 1.29 is 9.59 Å². The quantitative estimate of drug-likeness (QED) is 0.180. The van der Waals surface area contributed by atoms with E-state index in [0.717, 1.165) is 38.5 Å². The van der Waals surface area contributed by atoms with E-state index in [9.17, 15) is 9.59 Å².